The number of piperidine rings is 1. The average Bonchev–Trinajstić information content (AvgIpc) is 2.82. The van der Waals surface area contributed by atoms with E-state index >= 15 is 0 Å². The van der Waals surface area contributed by atoms with Gasteiger partial charge in [0.05, 0.1) is 17.1 Å². The van der Waals surface area contributed by atoms with Crippen LogP contribution >= 0.6 is 0 Å². The Bertz CT molecular complexity index is 1370. The molecule has 1 aliphatic rings. The van der Waals surface area contributed by atoms with Gasteiger partial charge in [0.1, 0.15) is 5.75 Å². The molecule has 0 radical (unpaired) electrons. The predicted molar refractivity (Wildman–Crippen MR) is 131 cm³/mol. The molecular formula is C25H29N3O5S. The van der Waals surface area contributed by atoms with Crippen molar-refractivity contribution in [1.29, 1.82) is 0 Å². The van der Waals surface area contributed by atoms with Gasteiger partial charge < -0.3 is 15.0 Å². The first-order valence-electron chi connectivity index (χ1n) is 11.5. The second kappa shape index (κ2) is 9.99. The normalized spacial score (nSPS) is 16.9. The van der Waals surface area contributed by atoms with E-state index in [1.54, 1.807) is 0 Å². The maximum Gasteiger partial charge on any atom is 0.252 e. The second-order valence-corrected chi connectivity index (χ2v) is 10.5. The highest BCUT2D eigenvalue weighted by atomic mass is 32.2. The van der Waals surface area contributed by atoms with E-state index in [9.17, 15) is 18.0 Å². The topological polar surface area (TPSA) is 109 Å². The molecule has 2 heterocycles. The van der Waals surface area contributed by atoms with Crippen molar-refractivity contribution in [2.75, 3.05) is 19.7 Å². The number of hydrogen-bond donors (Lipinski definition) is 2. The number of hydrogen-bond acceptors (Lipinski definition) is 5. The first kappa shape index (κ1) is 24.0. The number of sulfonamides is 1. The third-order valence-corrected chi connectivity index (χ3v) is 7.89. The van der Waals surface area contributed by atoms with Crippen LogP contribution in [0.15, 0.2) is 58.2 Å². The summed E-state index contributed by atoms with van der Waals surface area (Å²) in [5, 5.41) is 3.21. The van der Waals surface area contributed by atoms with Crippen molar-refractivity contribution in [3.8, 4) is 5.75 Å². The summed E-state index contributed by atoms with van der Waals surface area (Å²) in [5.74, 6) is 0.495. The van der Waals surface area contributed by atoms with Gasteiger partial charge >= 0.3 is 0 Å². The summed E-state index contributed by atoms with van der Waals surface area (Å²) < 4.78 is 33.7. The van der Waals surface area contributed by atoms with Crippen LogP contribution < -0.4 is 15.6 Å². The van der Waals surface area contributed by atoms with E-state index < -0.39 is 21.5 Å². The summed E-state index contributed by atoms with van der Waals surface area (Å²) >= 11 is 0. The van der Waals surface area contributed by atoms with Gasteiger partial charge in [0.25, 0.3) is 5.91 Å². The Hall–Kier alpha value is -3.17. The maximum atomic E-state index is 13.3. The minimum Gasteiger partial charge on any atom is -0.494 e. The Labute approximate surface area is 199 Å². The van der Waals surface area contributed by atoms with Crippen LogP contribution in [0, 0.1) is 5.92 Å². The molecular weight excluding hydrogens is 454 g/mol. The number of aromatic amines is 1. The zero-order valence-corrected chi connectivity index (χ0v) is 20.2. The molecule has 0 aliphatic carbocycles. The summed E-state index contributed by atoms with van der Waals surface area (Å²) in [5.41, 5.74) is 0.886. The van der Waals surface area contributed by atoms with Gasteiger partial charge in [-0.1, -0.05) is 25.1 Å². The molecule has 1 atom stereocenters. The summed E-state index contributed by atoms with van der Waals surface area (Å²) in [4.78, 5) is 28.1. The number of nitrogens with one attached hydrogen (secondary N) is 2. The van der Waals surface area contributed by atoms with Crippen LogP contribution in [0.25, 0.3) is 10.9 Å². The minimum atomic E-state index is -3.71. The third kappa shape index (κ3) is 5.00. The van der Waals surface area contributed by atoms with Crippen LogP contribution in [-0.2, 0) is 16.6 Å². The largest absolute Gasteiger partial charge is 0.494 e. The molecule has 1 aliphatic heterocycles. The van der Waals surface area contributed by atoms with Crippen molar-refractivity contribution in [2.24, 2.45) is 5.92 Å². The van der Waals surface area contributed by atoms with Crippen LogP contribution in [0.1, 0.15) is 42.6 Å². The highest BCUT2D eigenvalue weighted by Crippen LogP contribution is 2.26. The number of aromatic nitrogens is 1. The number of carbonyl (C=O) groups excluding carboxylic acids is 1. The number of para-hydroxylation sites is 1. The van der Waals surface area contributed by atoms with Gasteiger partial charge in [-0.05, 0) is 49.9 Å². The number of rotatable bonds is 7. The second-order valence-electron chi connectivity index (χ2n) is 8.59. The van der Waals surface area contributed by atoms with Gasteiger partial charge in [-0.15, -0.1) is 0 Å². The molecule has 0 spiro atoms. The van der Waals surface area contributed by atoms with E-state index in [4.69, 9.17) is 4.74 Å². The first-order chi connectivity index (χ1) is 16.3. The molecule has 4 rings (SSSR count). The molecule has 1 saturated heterocycles. The lowest BCUT2D eigenvalue weighted by atomic mass is 10.0. The Morgan fingerprint density at radius 2 is 2.00 bits per heavy atom. The van der Waals surface area contributed by atoms with Crippen LogP contribution in [0.5, 0.6) is 5.75 Å². The Morgan fingerprint density at radius 1 is 1.21 bits per heavy atom. The van der Waals surface area contributed by atoms with Crippen molar-refractivity contribution < 1.29 is 17.9 Å². The molecule has 0 saturated carbocycles. The van der Waals surface area contributed by atoms with E-state index in [0.717, 1.165) is 18.4 Å². The molecule has 1 aromatic heterocycles. The molecule has 1 amide bonds. The summed E-state index contributed by atoms with van der Waals surface area (Å²) in [6, 6.07) is 13.1. The van der Waals surface area contributed by atoms with Crippen molar-refractivity contribution in [2.45, 2.75) is 38.1 Å². The van der Waals surface area contributed by atoms with Crippen molar-refractivity contribution in [3.63, 3.8) is 0 Å². The lowest BCUT2D eigenvalue weighted by molar-refractivity contribution is 0.0952. The van der Waals surface area contributed by atoms with Crippen molar-refractivity contribution >= 4 is 26.8 Å². The zero-order chi connectivity index (χ0) is 24.3. The molecule has 9 heteroatoms. The SMILES string of the molecule is CCOc1ccccc1CNC(=O)c1cc(=O)[nH]c2ccc(S(=O)(=O)N3CCCC(C)C3)cc12. The minimum absolute atomic E-state index is 0.108. The van der Waals surface area contributed by atoms with E-state index in [1.807, 2.05) is 38.1 Å². The fraction of sp³-hybridized carbons (Fsp3) is 0.360. The number of fused-ring (bicyclic) bond motifs is 1. The van der Waals surface area contributed by atoms with Crippen molar-refractivity contribution in [3.05, 3.63) is 70.0 Å². The number of carbonyl (C=O) groups is 1. The smallest absolute Gasteiger partial charge is 0.252 e. The predicted octanol–water partition coefficient (Wildman–Crippen LogP) is 3.28. The molecule has 2 N–H and O–H groups in total. The monoisotopic (exact) mass is 483 g/mol. The van der Waals surface area contributed by atoms with Crippen LogP contribution in [0.4, 0.5) is 0 Å². The van der Waals surface area contributed by atoms with Gasteiger partial charge in [0.15, 0.2) is 0 Å². The number of benzene rings is 2. The summed E-state index contributed by atoms with van der Waals surface area (Å²) in [6.45, 7) is 5.57. The molecule has 3 aromatic rings. The quantitative estimate of drug-likeness (QED) is 0.536. The van der Waals surface area contributed by atoms with E-state index in [2.05, 4.69) is 10.3 Å². The molecule has 8 nitrogen and oxygen atoms in total. The maximum absolute atomic E-state index is 13.3. The Balaban J connectivity index is 1.66. The number of pyridine rings is 1. The molecule has 0 bridgehead atoms. The average molecular weight is 484 g/mol. The summed E-state index contributed by atoms with van der Waals surface area (Å²) in [7, 11) is -3.71. The third-order valence-electron chi connectivity index (χ3n) is 6.03. The molecule has 2 aromatic carbocycles. The van der Waals surface area contributed by atoms with Gasteiger partial charge in [-0.2, -0.15) is 4.31 Å². The summed E-state index contributed by atoms with van der Waals surface area (Å²) in [6.07, 6.45) is 1.82. The standard InChI is InChI=1S/C25H29N3O5S/c1-3-33-23-9-5-4-8-18(23)15-26-25(30)21-14-24(29)27-22-11-10-19(13-20(21)22)34(31,32)28-12-6-7-17(2)16-28/h4-5,8-11,13-14,17H,3,6-7,12,15-16H2,1-2H3,(H,26,30)(H,27,29). The molecule has 180 valence electrons. The number of ether oxygens (including phenoxy) is 1. The van der Waals surface area contributed by atoms with E-state index in [1.165, 1.54) is 28.6 Å². The number of H-pyrrole nitrogens is 1. The lowest BCUT2D eigenvalue weighted by Gasteiger charge is -2.30. The van der Waals surface area contributed by atoms with Gasteiger partial charge in [-0.3, -0.25) is 9.59 Å². The number of amides is 1. The highest BCUT2D eigenvalue weighted by molar-refractivity contribution is 7.89. The highest BCUT2D eigenvalue weighted by Gasteiger charge is 2.29. The first-order valence-corrected chi connectivity index (χ1v) is 12.9. The van der Waals surface area contributed by atoms with Crippen LogP contribution in [0.2, 0.25) is 0 Å². The molecule has 1 unspecified atom stereocenters. The van der Waals surface area contributed by atoms with Gasteiger partial charge in [0, 0.05) is 42.2 Å². The molecule has 1 fully saturated rings. The lowest BCUT2D eigenvalue weighted by Crippen LogP contribution is -2.39. The van der Waals surface area contributed by atoms with Crippen molar-refractivity contribution in [1.82, 2.24) is 14.6 Å². The van der Waals surface area contributed by atoms with E-state index in [0.29, 0.717) is 42.3 Å². The molecule has 34 heavy (non-hydrogen) atoms. The van der Waals surface area contributed by atoms with E-state index in [-0.39, 0.29) is 17.0 Å². The van der Waals surface area contributed by atoms with Gasteiger partial charge in [-0.25, -0.2) is 8.42 Å². The fourth-order valence-corrected chi connectivity index (χ4v) is 5.94. The fourth-order valence-electron chi connectivity index (χ4n) is 4.31. The zero-order valence-electron chi connectivity index (χ0n) is 19.3. The Morgan fingerprint density at radius 3 is 2.76 bits per heavy atom. The Kier molecular flexibility index (Phi) is 7.04. The number of nitrogens with zero attached hydrogens (tertiary/aromatic N) is 1. The van der Waals surface area contributed by atoms with Crippen LogP contribution in [-0.4, -0.2) is 43.3 Å². The van der Waals surface area contributed by atoms with Crippen LogP contribution in [0.3, 0.4) is 0 Å². The van der Waals surface area contributed by atoms with Gasteiger partial charge in [0.2, 0.25) is 15.6 Å².